The van der Waals surface area contributed by atoms with Gasteiger partial charge in [-0.15, -0.1) is 0 Å². The molecule has 0 atom stereocenters. The minimum Gasteiger partial charge on any atom is -0.333 e. The third-order valence-electron chi connectivity index (χ3n) is 5.18. The smallest absolute Gasteiger partial charge is 0.254 e. The summed E-state index contributed by atoms with van der Waals surface area (Å²) in [5.74, 6) is -0.213. The molecule has 0 aromatic heterocycles. The molecule has 1 fully saturated rings. The average Bonchev–Trinajstić information content (AvgIpc) is 3.27. The number of carbonyl (C=O) groups excluding carboxylic acids is 1. The van der Waals surface area contributed by atoms with E-state index < -0.39 is 10.0 Å². The molecule has 0 saturated carbocycles. The normalized spacial score (nSPS) is 14.9. The monoisotopic (exact) mass is 449 g/mol. The number of hydrogen-bond acceptors (Lipinski definition) is 4. The van der Waals surface area contributed by atoms with E-state index in [-0.39, 0.29) is 15.8 Å². The molecular weight excluding hydrogens is 422 g/mol. The molecule has 3 rings (SSSR count). The molecule has 0 radical (unpaired) electrons. The molecule has 0 aliphatic carbocycles. The van der Waals surface area contributed by atoms with E-state index in [0.717, 1.165) is 18.4 Å². The second-order valence-electron chi connectivity index (χ2n) is 7.77. The molecule has 162 valence electrons. The highest BCUT2D eigenvalue weighted by atomic mass is 35.5. The fraction of sp³-hybridized carbons (Fsp3) is 0.409. The molecule has 1 aliphatic rings. The van der Waals surface area contributed by atoms with Crippen LogP contribution in [0.4, 0.5) is 0 Å². The van der Waals surface area contributed by atoms with E-state index in [1.807, 2.05) is 49.3 Å². The lowest BCUT2D eigenvalue weighted by Gasteiger charge is -2.25. The third kappa shape index (κ3) is 5.40. The van der Waals surface area contributed by atoms with Crippen LogP contribution in [0, 0.1) is 0 Å². The Bertz CT molecular complexity index is 974. The molecule has 0 N–H and O–H groups in total. The van der Waals surface area contributed by atoms with Crippen LogP contribution in [0.15, 0.2) is 53.4 Å². The number of benzene rings is 2. The van der Waals surface area contributed by atoms with Gasteiger partial charge in [-0.1, -0.05) is 41.9 Å². The fourth-order valence-corrected chi connectivity index (χ4v) is 5.48. The number of amides is 1. The van der Waals surface area contributed by atoms with Gasteiger partial charge >= 0.3 is 0 Å². The van der Waals surface area contributed by atoms with Gasteiger partial charge in [0.25, 0.3) is 5.91 Å². The van der Waals surface area contributed by atoms with Gasteiger partial charge in [-0.05, 0) is 50.7 Å². The first-order valence-electron chi connectivity index (χ1n) is 10.1. The first-order chi connectivity index (χ1) is 14.3. The van der Waals surface area contributed by atoms with Crippen molar-refractivity contribution in [3.8, 4) is 0 Å². The van der Waals surface area contributed by atoms with E-state index in [1.54, 1.807) is 11.0 Å². The van der Waals surface area contributed by atoms with Gasteiger partial charge in [0.05, 0.1) is 5.02 Å². The topological polar surface area (TPSA) is 60.9 Å². The Balaban J connectivity index is 1.90. The predicted octanol–water partition coefficient (Wildman–Crippen LogP) is 3.33. The molecule has 1 amide bonds. The van der Waals surface area contributed by atoms with Gasteiger partial charge < -0.3 is 9.80 Å². The standard InChI is InChI=1S/C22H28ClN3O3S/c1-24(2)14-15-25(17-18-8-4-3-5-9-18)22(27)19-10-11-20(23)21(16-19)30(28,29)26-12-6-7-13-26/h3-5,8-11,16H,6-7,12-15,17H2,1-2H3. The minimum atomic E-state index is -3.71. The molecule has 2 aromatic carbocycles. The molecule has 1 aliphatic heterocycles. The lowest BCUT2D eigenvalue weighted by Crippen LogP contribution is -2.36. The van der Waals surface area contributed by atoms with Gasteiger partial charge in [0.1, 0.15) is 4.90 Å². The summed E-state index contributed by atoms with van der Waals surface area (Å²) < 4.78 is 27.5. The Labute approximate surface area is 184 Å². The highest BCUT2D eigenvalue weighted by Crippen LogP contribution is 2.28. The molecule has 0 spiro atoms. The summed E-state index contributed by atoms with van der Waals surface area (Å²) in [5, 5.41) is 0.140. The van der Waals surface area contributed by atoms with Crippen LogP contribution in [0.5, 0.6) is 0 Å². The Morgan fingerprint density at radius 2 is 1.70 bits per heavy atom. The number of hydrogen-bond donors (Lipinski definition) is 0. The highest BCUT2D eigenvalue weighted by molar-refractivity contribution is 7.89. The maximum atomic E-state index is 13.3. The summed E-state index contributed by atoms with van der Waals surface area (Å²) in [6, 6.07) is 14.3. The van der Waals surface area contributed by atoms with Crippen molar-refractivity contribution in [2.24, 2.45) is 0 Å². The van der Waals surface area contributed by atoms with Crippen LogP contribution < -0.4 is 0 Å². The SMILES string of the molecule is CN(C)CCN(Cc1ccccc1)C(=O)c1ccc(Cl)c(S(=O)(=O)N2CCCC2)c1. The van der Waals surface area contributed by atoms with Crippen LogP contribution in [0.1, 0.15) is 28.8 Å². The lowest BCUT2D eigenvalue weighted by atomic mass is 10.1. The quantitative estimate of drug-likeness (QED) is 0.620. The summed E-state index contributed by atoms with van der Waals surface area (Å²) in [4.78, 5) is 17.1. The van der Waals surface area contributed by atoms with Crippen molar-refractivity contribution in [1.82, 2.24) is 14.1 Å². The molecular formula is C22H28ClN3O3S. The van der Waals surface area contributed by atoms with E-state index in [4.69, 9.17) is 11.6 Å². The van der Waals surface area contributed by atoms with Crippen molar-refractivity contribution >= 4 is 27.5 Å². The summed E-state index contributed by atoms with van der Waals surface area (Å²) in [7, 11) is 0.192. The van der Waals surface area contributed by atoms with Gasteiger partial charge in [-0.25, -0.2) is 8.42 Å². The Hall–Kier alpha value is -1.93. The van der Waals surface area contributed by atoms with Crippen LogP contribution in [-0.4, -0.2) is 68.7 Å². The zero-order valence-electron chi connectivity index (χ0n) is 17.4. The maximum Gasteiger partial charge on any atom is 0.254 e. The van der Waals surface area contributed by atoms with Gasteiger partial charge in [0.15, 0.2) is 0 Å². The number of rotatable bonds is 8. The van der Waals surface area contributed by atoms with E-state index in [2.05, 4.69) is 0 Å². The van der Waals surface area contributed by atoms with E-state index in [1.165, 1.54) is 16.4 Å². The summed E-state index contributed by atoms with van der Waals surface area (Å²) >= 11 is 6.24. The minimum absolute atomic E-state index is 0.00388. The van der Waals surface area contributed by atoms with Crippen molar-refractivity contribution in [1.29, 1.82) is 0 Å². The lowest BCUT2D eigenvalue weighted by molar-refractivity contribution is 0.0731. The van der Waals surface area contributed by atoms with Gasteiger partial charge in [-0.2, -0.15) is 4.31 Å². The first-order valence-corrected chi connectivity index (χ1v) is 11.9. The largest absolute Gasteiger partial charge is 0.333 e. The Kier molecular flexibility index (Phi) is 7.52. The van der Waals surface area contributed by atoms with Crippen LogP contribution in [0.25, 0.3) is 0 Å². The van der Waals surface area contributed by atoms with E-state index >= 15 is 0 Å². The molecule has 6 nitrogen and oxygen atoms in total. The van der Waals surface area contributed by atoms with Crippen LogP contribution in [-0.2, 0) is 16.6 Å². The average molecular weight is 450 g/mol. The number of halogens is 1. The number of carbonyl (C=O) groups is 1. The molecule has 1 saturated heterocycles. The number of sulfonamides is 1. The van der Waals surface area contributed by atoms with Crippen molar-refractivity contribution in [3.63, 3.8) is 0 Å². The van der Waals surface area contributed by atoms with Crippen LogP contribution in [0.3, 0.4) is 0 Å². The summed E-state index contributed by atoms with van der Waals surface area (Å²) in [5.41, 5.74) is 1.34. The summed E-state index contributed by atoms with van der Waals surface area (Å²) in [6.07, 6.45) is 1.68. The predicted molar refractivity (Wildman–Crippen MR) is 119 cm³/mol. The molecule has 30 heavy (non-hydrogen) atoms. The van der Waals surface area contributed by atoms with Crippen molar-refractivity contribution in [3.05, 3.63) is 64.7 Å². The van der Waals surface area contributed by atoms with Crippen molar-refractivity contribution in [2.75, 3.05) is 40.3 Å². The maximum absolute atomic E-state index is 13.3. The van der Waals surface area contributed by atoms with Crippen LogP contribution >= 0.6 is 11.6 Å². The van der Waals surface area contributed by atoms with E-state index in [9.17, 15) is 13.2 Å². The van der Waals surface area contributed by atoms with Crippen molar-refractivity contribution < 1.29 is 13.2 Å². The molecule has 2 aromatic rings. The Morgan fingerprint density at radius 3 is 2.33 bits per heavy atom. The number of likely N-dealkylation sites (N-methyl/N-ethyl adjacent to an activating group) is 1. The van der Waals surface area contributed by atoms with Gasteiger partial charge in [-0.3, -0.25) is 4.79 Å². The highest BCUT2D eigenvalue weighted by Gasteiger charge is 2.30. The number of nitrogens with zero attached hydrogens (tertiary/aromatic N) is 3. The zero-order valence-corrected chi connectivity index (χ0v) is 19.0. The van der Waals surface area contributed by atoms with E-state index in [0.29, 0.717) is 38.3 Å². The zero-order chi connectivity index (χ0) is 21.7. The second kappa shape index (κ2) is 9.92. The molecule has 8 heteroatoms. The van der Waals surface area contributed by atoms with Gasteiger partial charge in [0, 0.05) is 38.3 Å². The van der Waals surface area contributed by atoms with Crippen molar-refractivity contribution in [2.45, 2.75) is 24.3 Å². The third-order valence-corrected chi connectivity index (χ3v) is 7.56. The fourth-order valence-electron chi connectivity index (χ4n) is 3.46. The molecule has 0 bridgehead atoms. The molecule has 1 heterocycles. The summed E-state index contributed by atoms with van der Waals surface area (Å²) in [6.45, 7) is 2.65. The van der Waals surface area contributed by atoms with Crippen LogP contribution in [0.2, 0.25) is 5.02 Å². The van der Waals surface area contributed by atoms with Gasteiger partial charge in [0.2, 0.25) is 10.0 Å². The Morgan fingerprint density at radius 1 is 1.03 bits per heavy atom. The second-order valence-corrected chi connectivity index (χ2v) is 10.1. The molecule has 0 unspecified atom stereocenters. The first kappa shape index (κ1) is 22.7.